The fraction of sp³-hybridized carbons (Fsp3) is 0.375. The zero-order valence-electron chi connectivity index (χ0n) is 14.1. The number of hydrogen-bond donors (Lipinski definition) is 0. The van der Waals surface area contributed by atoms with Crippen LogP contribution in [0.3, 0.4) is 0 Å². The van der Waals surface area contributed by atoms with E-state index in [4.69, 9.17) is 12.3 Å². The summed E-state index contributed by atoms with van der Waals surface area (Å²) in [6, 6.07) is 5.94. The molecule has 0 saturated heterocycles. The van der Waals surface area contributed by atoms with E-state index in [0.29, 0.717) is 0 Å². The normalized spacial score (nSPS) is 18.0. The Morgan fingerprint density at radius 2 is 1.32 bits per heavy atom. The van der Waals surface area contributed by atoms with Gasteiger partial charge in [0.15, 0.2) is 0 Å². The molecule has 0 unspecified atom stereocenters. The third kappa shape index (κ3) is 3.32. The van der Waals surface area contributed by atoms with E-state index in [2.05, 4.69) is 0 Å². The van der Waals surface area contributed by atoms with Gasteiger partial charge in [-0.15, -0.1) is 0 Å². The number of fused-ring (bicyclic) bond motifs is 1. The first-order valence-corrected chi connectivity index (χ1v) is 12.3. The van der Waals surface area contributed by atoms with Crippen LogP contribution in [0, 0.1) is 3.57 Å². The Morgan fingerprint density at radius 1 is 0.880 bits per heavy atom. The Balaban J connectivity index is 2.76. The molecule has 0 saturated carbocycles. The van der Waals surface area contributed by atoms with Gasteiger partial charge in [0.05, 0.1) is 0 Å². The van der Waals surface area contributed by atoms with Crippen LogP contribution >= 0.6 is 18.7 Å². The van der Waals surface area contributed by atoms with E-state index >= 15 is 0 Å². The van der Waals surface area contributed by atoms with E-state index in [0.717, 1.165) is 0 Å². The summed E-state index contributed by atoms with van der Waals surface area (Å²) in [5, 5.41) is 0. The van der Waals surface area contributed by atoms with Gasteiger partial charge in [0.1, 0.15) is 0 Å². The van der Waals surface area contributed by atoms with Crippen molar-refractivity contribution in [2.75, 3.05) is 0 Å². The molecule has 1 aromatic rings. The number of halogens is 1. The fourth-order valence-corrected chi connectivity index (χ4v) is 9.96. The van der Waals surface area contributed by atoms with Gasteiger partial charge in [-0.1, -0.05) is 0 Å². The molecule has 0 fully saturated rings. The minimum absolute atomic E-state index is 0.00317. The quantitative estimate of drug-likeness (QED) is 0.589. The topological polar surface area (TPSA) is 105 Å². The second-order valence-corrected chi connectivity index (χ2v) is 11.8. The van der Waals surface area contributed by atoms with Crippen LogP contribution in [0.4, 0.5) is 0 Å². The molecule has 1 aromatic carbocycles. The molecular weight excluding hydrogens is 447 g/mol. The molecule has 8 nitrogen and oxygen atoms in total. The molecule has 2 rings (SSSR count). The van der Waals surface area contributed by atoms with E-state index in [-0.39, 0.29) is 28.4 Å². The standard InChI is InChI=1S/C16H19IO8/c1-4-13(18)22-17(23-14(19)5-2,24-15(20)6-3)12-10-8-7-9-11(12)16(21)25-17/h7-10H,4-6H2,1-3H3. The third-order valence-corrected chi connectivity index (χ3v) is 10.9. The van der Waals surface area contributed by atoms with Gasteiger partial charge in [-0.25, -0.2) is 0 Å². The number of hydrogen-bond acceptors (Lipinski definition) is 8. The number of carbonyl (C=O) groups is 4. The molecule has 0 atom stereocenters. The van der Waals surface area contributed by atoms with Crippen molar-refractivity contribution < 1.29 is 31.4 Å². The van der Waals surface area contributed by atoms with Crippen molar-refractivity contribution in [3.63, 3.8) is 0 Å². The number of carbonyl (C=O) groups excluding carboxylic acids is 4. The fourth-order valence-electron chi connectivity index (χ4n) is 1.93. The molecule has 1 heterocycles. The maximum absolute atomic E-state index is 12.3. The average Bonchev–Trinajstić information content (AvgIpc) is 2.84. The van der Waals surface area contributed by atoms with Crippen molar-refractivity contribution >= 4 is 42.6 Å². The van der Waals surface area contributed by atoms with Crippen molar-refractivity contribution in [1.82, 2.24) is 0 Å². The minimum atomic E-state index is -6.12. The molecule has 0 aromatic heterocycles. The summed E-state index contributed by atoms with van der Waals surface area (Å²) in [5.41, 5.74) is 0.0355. The van der Waals surface area contributed by atoms with Crippen LogP contribution in [0.25, 0.3) is 0 Å². The molecule has 9 heteroatoms. The Bertz CT molecular complexity index is 693. The molecule has 25 heavy (non-hydrogen) atoms. The molecule has 0 amide bonds. The van der Waals surface area contributed by atoms with Gasteiger partial charge in [-0.3, -0.25) is 0 Å². The molecule has 138 valence electrons. The molecule has 0 aliphatic carbocycles. The third-order valence-electron chi connectivity index (χ3n) is 3.15. The Kier molecular flexibility index (Phi) is 5.35. The van der Waals surface area contributed by atoms with Crippen molar-refractivity contribution in [3.05, 3.63) is 33.4 Å². The van der Waals surface area contributed by atoms with Crippen LogP contribution in [-0.4, -0.2) is 23.9 Å². The molecular formula is C16H19IO8. The van der Waals surface area contributed by atoms with Gasteiger partial charge >= 0.3 is 147 Å². The Morgan fingerprint density at radius 3 is 1.76 bits per heavy atom. The molecule has 0 radical (unpaired) electrons. The molecule has 0 spiro atoms. The van der Waals surface area contributed by atoms with Crippen LogP contribution < -0.4 is 0 Å². The summed E-state index contributed by atoms with van der Waals surface area (Å²) in [4.78, 5) is 48.6. The maximum atomic E-state index is 12.3. The molecule has 1 aliphatic rings. The summed E-state index contributed by atoms with van der Waals surface area (Å²) in [6.45, 7) is 4.53. The first-order chi connectivity index (χ1) is 11.8. The Labute approximate surface area is 147 Å². The number of rotatable bonds is 6. The first-order valence-electron chi connectivity index (χ1n) is 7.70. The van der Waals surface area contributed by atoms with Crippen molar-refractivity contribution in [2.45, 2.75) is 40.0 Å². The van der Waals surface area contributed by atoms with E-state index < -0.39 is 42.6 Å². The molecule has 1 aliphatic heterocycles. The summed E-state index contributed by atoms with van der Waals surface area (Å²) >= 11 is -6.12. The molecule has 0 bridgehead atoms. The summed E-state index contributed by atoms with van der Waals surface area (Å²) in [6.07, 6.45) is -0.277. The average molecular weight is 466 g/mol. The van der Waals surface area contributed by atoms with Gasteiger partial charge in [-0.05, 0) is 0 Å². The van der Waals surface area contributed by atoms with Crippen molar-refractivity contribution in [3.8, 4) is 0 Å². The Hall–Kier alpha value is -2.17. The van der Waals surface area contributed by atoms with Crippen LogP contribution in [0.15, 0.2) is 24.3 Å². The van der Waals surface area contributed by atoms with Crippen LogP contribution in [0.2, 0.25) is 0 Å². The van der Waals surface area contributed by atoms with Crippen molar-refractivity contribution in [2.24, 2.45) is 0 Å². The van der Waals surface area contributed by atoms with E-state index in [1.54, 1.807) is 12.1 Å². The molecule has 0 N–H and O–H groups in total. The summed E-state index contributed by atoms with van der Waals surface area (Å²) in [7, 11) is 0. The zero-order chi connectivity index (χ0) is 18.7. The SMILES string of the molecule is CCC(=O)OI1(OC(=O)CC)(OC(=O)CC)OC(=O)c2ccccc21. The first kappa shape index (κ1) is 19.2. The monoisotopic (exact) mass is 466 g/mol. The van der Waals surface area contributed by atoms with Crippen LogP contribution in [-0.2, 0) is 26.6 Å². The summed E-state index contributed by atoms with van der Waals surface area (Å²) < 4.78 is 21.5. The predicted octanol–water partition coefficient (Wildman–Crippen LogP) is 3.12. The second-order valence-electron chi connectivity index (χ2n) is 4.94. The van der Waals surface area contributed by atoms with Crippen molar-refractivity contribution in [1.29, 1.82) is 0 Å². The van der Waals surface area contributed by atoms with Crippen LogP contribution in [0.5, 0.6) is 0 Å². The van der Waals surface area contributed by atoms with E-state index in [1.807, 2.05) is 0 Å². The van der Waals surface area contributed by atoms with Gasteiger partial charge in [-0.2, -0.15) is 0 Å². The zero-order valence-corrected chi connectivity index (χ0v) is 16.2. The van der Waals surface area contributed by atoms with Gasteiger partial charge in [0.2, 0.25) is 0 Å². The second kappa shape index (κ2) is 6.98. The van der Waals surface area contributed by atoms with Gasteiger partial charge in [0, 0.05) is 0 Å². The number of benzene rings is 1. The summed E-state index contributed by atoms with van der Waals surface area (Å²) in [5.74, 6) is -3.31. The van der Waals surface area contributed by atoms with Gasteiger partial charge in [0.25, 0.3) is 0 Å². The predicted molar refractivity (Wildman–Crippen MR) is 93.7 cm³/mol. The van der Waals surface area contributed by atoms with Crippen LogP contribution in [0.1, 0.15) is 50.4 Å². The van der Waals surface area contributed by atoms with Gasteiger partial charge < -0.3 is 0 Å². The van der Waals surface area contributed by atoms with E-state index in [1.165, 1.54) is 32.9 Å². The van der Waals surface area contributed by atoms with E-state index in [9.17, 15) is 19.2 Å².